The Kier molecular flexibility index (Phi) is 6.30. The van der Waals surface area contributed by atoms with E-state index in [1.807, 2.05) is 36.7 Å². The molecule has 1 aliphatic heterocycles. The quantitative estimate of drug-likeness (QED) is 0.445. The van der Waals surface area contributed by atoms with Crippen LogP contribution in [0, 0.1) is 5.82 Å². The van der Waals surface area contributed by atoms with Gasteiger partial charge in [-0.25, -0.2) is 14.4 Å². The molecule has 1 aromatic carbocycles. The van der Waals surface area contributed by atoms with Gasteiger partial charge in [-0.3, -0.25) is 14.9 Å². The molecule has 5 rings (SSSR count). The highest BCUT2D eigenvalue weighted by Gasteiger charge is 2.24. The van der Waals surface area contributed by atoms with Crippen molar-refractivity contribution < 1.29 is 4.39 Å². The largest absolute Gasteiger partial charge is 0.340 e. The van der Waals surface area contributed by atoms with Crippen molar-refractivity contribution in [2.24, 2.45) is 0 Å². The zero-order valence-electron chi connectivity index (χ0n) is 18.2. The van der Waals surface area contributed by atoms with Crippen LogP contribution >= 0.6 is 0 Å². The van der Waals surface area contributed by atoms with Crippen molar-refractivity contribution >= 4 is 11.5 Å². The normalized spacial score (nSPS) is 16.5. The van der Waals surface area contributed by atoms with E-state index in [1.54, 1.807) is 18.5 Å². The van der Waals surface area contributed by atoms with E-state index in [2.05, 4.69) is 32.3 Å². The Bertz CT molecular complexity index is 1200. The van der Waals surface area contributed by atoms with Crippen LogP contribution in [0.1, 0.15) is 30.1 Å². The predicted molar refractivity (Wildman–Crippen MR) is 126 cm³/mol. The van der Waals surface area contributed by atoms with E-state index in [-0.39, 0.29) is 11.7 Å². The molecule has 33 heavy (non-hydrogen) atoms. The first-order chi connectivity index (χ1) is 16.2. The van der Waals surface area contributed by atoms with Gasteiger partial charge in [-0.15, -0.1) is 0 Å². The minimum Gasteiger partial charge on any atom is -0.340 e. The summed E-state index contributed by atoms with van der Waals surface area (Å²) < 4.78 is 13.7. The van der Waals surface area contributed by atoms with E-state index >= 15 is 0 Å². The number of likely N-dealkylation sites (tertiary alicyclic amines) is 1. The van der Waals surface area contributed by atoms with E-state index in [0.29, 0.717) is 11.5 Å². The van der Waals surface area contributed by atoms with Crippen LogP contribution < -0.4 is 5.32 Å². The second kappa shape index (κ2) is 9.83. The molecule has 1 fully saturated rings. The molecule has 0 aliphatic carbocycles. The Labute approximate surface area is 192 Å². The average Bonchev–Trinajstić information content (AvgIpc) is 2.85. The van der Waals surface area contributed by atoms with Crippen LogP contribution in [0.3, 0.4) is 0 Å². The van der Waals surface area contributed by atoms with Gasteiger partial charge in [0.25, 0.3) is 0 Å². The van der Waals surface area contributed by atoms with Crippen LogP contribution in [0.2, 0.25) is 0 Å². The summed E-state index contributed by atoms with van der Waals surface area (Å²) in [6, 6.07) is 16.3. The highest BCUT2D eigenvalue weighted by atomic mass is 19.1. The summed E-state index contributed by atoms with van der Waals surface area (Å²) in [6.07, 6.45) is 9.31. The maximum atomic E-state index is 13.7. The molecule has 1 saturated heterocycles. The minimum atomic E-state index is -0.289. The fourth-order valence-electron chi connectivity index (χ4n) is 4.25. The van der Waals surface area contributed by atoms with Gasteiger partial charge in [-0.2, -0.15) is 0 Å². The Morgan fingerprint density at radius 3 is 2.52 bits per heavy atom. The zero-order chi connectivity index (χ0) is 22.5. The van der Waals surface area contributed by atoms with Crippen molar-refractivity contribution in [2.75, 3.05) is 18.4 Å². The topological polar surface area (TPSA) is 66.8 Å². The summed E-state index contributed by atoms with van der Waals surface area (Å²) in [5, 5.41) is 3.26. The number of aromatic nitrogens is 4. The molecular formula is C26H25FN6. The lowest BCUT2D eigenvalue weighted by molar-refractivity contribution is 0.196. The fourth-order valence-corrected chi connectivity index (χ4v) is 4.25. The first-order valence-corrected chi connectivity index (χ1v) is 11.2. The molecule has 4 heterocycles. The molecule has 0 spiro atoms. The Morgan fingerprint density at radius 2 is 1.73 bits per heavy atom. The molecule has 1 atom stereocenters. The summed E-state index contributed by atoms with van der Waals surface area (Å²) in [5.74, 6) is 1.39. The van der Waals surface area contributed by atoms with Crippen molar-refractivity contribution in [3.05, 3.63) is 96.6 Å². The Hall–Kier alpha value is -3.71. The van der Waals surface area contributed by atoms with Gasteiger partial charge in [-0.05, 0) is 67.4 Å². The molecule has 0 radical (unpaired) electrons. The summed E-state index contributed by atoms with van der Waals surface area (Å²) in [6.45, 7) is 2.83. The van der Waals surface area contributed by atoms with Gasteiger partial charge in [0.15, 0.2) is 0 Å². The smallest absolute Gasteiger partial charge is 0.135 e. The fraction of sp³-hybridized carbons (Fsp3) is 0.231. The first kappa shape index (κ1) is 21.2. The van der Waals surface area contributed by atoms with Crippen molar-refractivity contribution in [3.63, 3.8) is 0 Å². The number of benzene rings is 1. The number of hydrogen-bond donors (Lipinski definition) is 1. The van der Waals surface area contributed by atoms with E-state index in [0.717, 1.165) is 49.6 Å². The summed E-state index contributed by atoms with van der Waals surface area (Å²) in [4.78, 5) is 20.5. The van der Waals surface area contributed by atoms with Gasteiger partial charge < -0.3 is 5.32 Å². The number of piperidine rings is 1. The van der Waals surface area contributed by atoms with Crippen molar-refractivity contribution in [1.82, 2.24) is 24.8 Å². The zero-order valence-corrected chi connectivity index (χ0v) is 18.2. The highest BCUT2D eigenvalue weighted by Crippen LogP contribution is 2.29. The molecule has 0 bridgehead atoms. The molecule has 1 aliphatic rings. The third kappa shape index (κ3) is 5.38. The lowest BCUT2D eigenvalue weighted by atomic mass is 9.96. The van der Waals surface area contributed by atoms with Crippen LogP contribution in [0.5, 0.6) is 0 Å². The number of hydrogen-bond acceptors (Lipinski definition) is 6. The standard InChI is InChI=1S/C26H25FN6/c27-22-4-1-5-23(15-22)30-25-16-24(20-8-12-29-13-9-20)31-26(32-25)21-3-2-14-33(18-21)17-19-6-10-28-11-7-19/h1,4-13,15-16,21H,2-3,14,17-18H2,(H,30,31,32). The molecule has 4 aromatic rings. The van der Waals surface area contributed by atoms with Gasteiger partial charge in [0.1, 0.15) is 17.5 Å². The predicted octanol–water partition coefficient (Wildman–Crippen LogP) is 5.20. The second-order valence-corrected chi connectivity index (χ2v) is 8.30. The van der Waals surface area contributed by atoms with Crippen molar-refractivity contribution in [3.8, 4) is 11.3 Å². The van der Waals surface area contributed by atoms with E-state index in [9.17, 15) is 4.39 Å². The number of nitrogens with one attached hydrogen (secondary N) is 1. The number of nitrogens with zero attached hydrogens (tertiary/aromatic N) is 5. The third-order valence-corrected chi connectivity index (χ3v) is 5.84. The summed E-state index contributed by atoms with van der Waals surface area (Å²) >= 11 is 0. The average molecular weight is 441 g/mol. The van der Waals surface area contributed by atoms with E-state index < -0.39 is 0 Å². The number of pyridine rings is 2. The SMILES string of the molecule is Fc1cccc(Nc2cc(-c3ccncc3)nc(C3CCCN(Cc4ccncc4)C3)n2)c1. The molecule has 3 aromatic heterocycles. The van der Waals surface area contributed by atoms with Crippen LogP contribution in [0.4, 0.5) is 15.9 Å². The number of anilines is 2. The molecule has 7 heteroatoms. The first-order valence-electron chi connectivity index (χ1n) is 11.2. The Balaban J connectivity index is 1.44. The van der Waals surface area contributed by atoms with Crippen LogP contribution in [0.15, 0.2) is 79.4 Å². The molecule has 6 nitrogen and oxygen atoms in total. The van der Waals surface area contributed by atoms with E-state index in [1.165, 1.54) is 17.7 Å². The van der Waals surface area contributed by atoms with Gasteiger partial charge in [-0.1, -0.05) is 6.07 Å². The molecule has 166 valence electrons. The lowest BCUT2D eigenvalue weighted by Crippen LogP contribution is -2.34. The molecule has 0 saturated carbocycles. The maximum Gasteiger partial charge on any atom is 0.135 e. The van der Waals surface area contributed by atoms with Gasteiger partial charge in [0, 0.05) is 61.1 Å². The summed E-state index contributed by atoms with van der Waals surface area (Å²) in [7, 11) is 0. The van der Waals surface area contributed by atoms with Crippen LogP contribution in [-0.4, -0.2) is 37.9 Å². The highest BCUT2D eigenvalue weighted by molar-refractivity contribution is 5.65. The van der Waals surface area contributed by atoms with Gasteiger partial charge in [0.2, 0.25) is 0 Å². The van der Waals surface area contributed by atoms with Crippen LogP contribution in [-0.2, 0) is 6.54 Å². The molecule has 1 unspecified atom stereocenters. The summed E-state index contributed by atoms with van der Waals surface area (Å²) in [5.41, 5.74) is 3.71. The van der Waals surface area contributed by atoms with Crippen molar-refractivity contribution in [2.45, 2.75) is 25.3 Å². The lowest BCUT2D eigenvalue weighted by Gasteiger charge is -2.32. The monoisotopic (exact) mass is 440 g/mol. The van der Waals surface area contributed by atoms with E-state index in [4.69, 9.17) is 9.97 Å². The Morgan fingerprint density at radius 1 is 0.939 bits per heavy atom. The molecule has 1 N–H and O–H groups in total. The van der Waals surface area contributed by atoms with Gasteiger partial charge in [0.05, 0.1) is 5.69 Å². The maximum absolute atomic E-state index is 13.7. The number of rotatable bonds is 6. The van der Waals surface area contributed by atoms with Crippen molar-refractivity contribution in [1.29, 1.82) is 0 Å². The minimum absolute atomic E-state index is 0.218. The third-order valence-electron chi connectivity index (χ3n) is 5.84. The van der Waals surface area contributed by atoms with Crippen LogP contribution in [0.25, 0.3) is 11.3 Å². The molecular weight excluding hydrogens is 415 g/mol. The number of halogens is 1. The molecule has 0 amide bonds. The second-order valence-electron chi connectivity index (χ2n) is 8.30. The van der Waals surface area contributed by atoms with Gasteiger partial charge >= 0.3 is 0 Å².